The lowest BCUT2D eigenvalue weighted by atomic mass is 9.96. The maximum atomic E-state index is 13.2. The van der Waals surface area contributed by atoms with Crippen molar-refractivity contribution in [2.45, 2.75) is 12.8 Å². The van der Waals surface area contributed by atoms with E-state index in [2.05, 4.69) is 20.6 Å². The molecule has 0 radical (unpaired) electrons. The van der Waals surface area contributed by atoms with Crippen LogP contribution in [0, 0.1) is 5.92 Å². The smallest absolute Gasteiger partial charge is 0.291 e. The molecular formula is C29H34Cl2N8O3. The van der Waals surface area contributed by atoms with E-state index in [4.69, 9.17) is 23.2 Å². The Kier molecular flexibility index (Phi) is 9.00. The second-order valence-electron chi connectivity index (χ2n) is 10.7. The van der Waals surface area contributed by atoms with Gasteiger partial charge in [-0.3, -0.25) is 14.4 Å². The Bertz CT molecular complexity index is 1490. The zero-order valence-corrected chi connectivity index (χ0v) is 25.4. The molecule has 2 fully saturated rings. The fourth-order valence-electron chi connectivity index (χ4n) is 5.32. The Morgan fingerprint density at radius 3 is 2.33 bits per heavy atom. The van der Waals surface area contributed by atoms with Crippen LogP contribution in [0.2, 0.25) is 10.2 Å². The van der Waals surface area contributed by atoms with E-state index in [0.717, 1.165) is 25.9 Å². The standard InChI is InChI=1S/C29H34Cl2N8O3/c1-36(2)24-7-6-21(25(31)35-24)23-17-33-26(37(23)3)27(40)34-19-4-5-20(22(30)16-19)29(42)39-14-12-38(13-15-39)28(41)18-8-10-32-11-9-18/h4-7,16-18,32H,8-15H2,1-3H3,(H,34,40). The van der Waals surface area contributed by atoms with Gasteiger partial charge in [-0.15, -0.1) is 0 Å². The number of halogens is 2. The molecule has 2 aliphatic heterocycles. The number of nitrogens with zero attached hydrogens (tertiary/aromatic N) is 6. The van der Waals surface area contributed by atoms with E-state index in [1.54, 1.807) is 40.9 Å². The molecule has 2 aliphatic rings. The van der Waals surface area contributed by atoms with Crippen LogP contribution in [0.4, 0.5) is 11.5 Å². The second-order valence-corrected chi connectivity index (χ2v) is 11.5. The first-order valence-electron chi connectivity index (χ1n) is 13.9. The highest BCUT2D eigenvalue weighted by Crippen LogP contribution is 2.29. The summed E-state index contributed by atoms with van der Waals surface area (Å²) in [5.74, 6) is 0.489. The van der Waals surface area contributed by atoms with E-state index >= 15 is 0 Å². The first kappa shape index (κ1) is 29.8. The van der Waals surface area contributed by atoms with Crippen molar-refractivity contribution in [1.82, 2.24) is 29.7 Å². The number of hydrogen-bond acceptors (Lipinski definition) is 7. The highest BCUT2D eigenvalue weighted by atomic mass is 35.5. The molecule has 1 aromatic carbocycles. The normalized spacial score (nSPS) is 15.9. The lowest BCUT2D eigenvalue weighted by molar-refractivity contribution is -0.137. The average molecular weight is 614 g/mol. The summed E-state index contributed by atoms with van der Waals surface area (Å²) in [6.07, 6.45) is 3.28. The molecule has 2 aromatic heterocycles. The number of benzene rings is 1. The number of anilines is 2. The van der Waals surface area contributed by atoms with Crippen molar-refractivity contribution in [3.05, 3.63) is 58.1 Å². The summed E-state index contributed by atoms with van der Waals surface area (Å²) in [6.45, 7) is 3.64. The van der Waals surface area contributed by atoms with Gasteiger partial charge in [-0.25, -0.2) is 9.97 Å². The lowest BCUT2D eigenvalue weighted by Gasteiger charge is -2.37. The van der Waals surface area contributed by atoms with Gasteiger partial charge in [0, 0.05) is 64.5 Å². The molecule has 0 saturated carbocycles. The number of hydrogen-bond donors (Lipinski definition) is 2. The number of amides is 3. The number of carbonyl (C=O) groups is 3. The van der Waals surface area contributed by atoms with Crippen LogP contribution >= 0.6 is 23.2 Å². The molecule has 0 bridgehead atoms. The highest BCUT2D eigenvalue weighted by molar-refractivity contribution is 6.34. The summed E-state index contributed by atoms with van der Waals surface area (Å²) in [6, 6.07) is 8.47. The molecule has 0 aliphatic carbocycles. The first-order chi connectivity index (χ1) is 20.1. The third-order valence-electron chi connectivity index (χ3n) is 7.78. The molecular weight excluding hydrogens is 579 g/mol. The van der Waals surface area contributed by atoms with Gasteiger partial charge in [0.1, 0.15) is 11.0 Å². The van der Waals surface area contributed by atoms with Crippen LogP contribution < -0.4 is 15.5 Å². The molecule has 0 spiro atoms. The van der Waals surface area contributed by atoms with Gasteiger partial charge in [0.2, 0.25) is 5.91 Å². The number of piperazine rings is 1. The summed E-state index contributed by atoms with van der Waals surface area (Å²) in [7, 11) is 5.48. The van der Waals surface area contributed by atoms with E-state index in [0.29, 0.717) is 59.7 Å². The number of imidazole rings is 1. The maximum Gasteiger partial charge on any atom is 0.291 e. The topological polar surface area (TPSA) is 116 Å². The monoisotopic (exact) mass is 612 g/mol. The SMILES string of the molecule is CN(C)c1ccc(-c2cnc(C(=O)Nc3ccc(C(=O)N4CCN(C(=O)C5CCNCC5)CC4)c(Cl)c3)n2C)c(Cl)n1. The van der Waals surface area contributed by atoms with Crippen LogP contribution in [-0.4, -0.2) is 95.4 Å². The molecule has 2 N–H and O–H groups in total. The minimum atomic E-state index is -0.442. The van der Waals surface area contributed by atoms with Crippen LogP contribution in [0.3, 0.4) is 0 Å². The molecule has 4 heterocycles. The predicted molar refractivity (Wildman–Crippen MR) is 163 cm³/mol. The third kappa shape index (κ3) is 6.23. The molecule has 5 rings (SSSR count). The first-order valence-corrected chi connectivity index (χ1v) is 14.6. The molecule has 222 valence electrons. The number of pyridine rings is 1. The van der Waals surface area contributed by atoms with Crippen molar-refractivity contribution in [3.63, 3.8) is 0 Å². The molecule has 3 aromatic rings. The molecule has 13 heteroatoms. The van der Waals surface area contributed by atoms with Crippen LogP contribution in [0.1, 0.15) is 33.8 Å². The van der Waals surface area contributed by atoms with Crippen LogP contribution in [0.15, 0.2) is 36.5 Å². The van der Waals surface area contributed by atoms with Crippen molar-refractivity contribution in [2.24, 2.45) is 13.0 Å². The third-order valence-corrected chi connectivity index (χ3v) is 8.38. The molecule has 0 atom stereocenters. The quantitative estimate of drug-likeness (QED) is 0.410. The second kappa shape index (κ2) is 12.7. The van der Waals surface area contributed by atoms with E-state index in [1.807, 2.05) is 36.0 Å². The number of piperidine rings is 1. The summed E-state index contributed by atoms with van der Waals surface area (Å²) >= 11 is 12.9. The number of aromatic nitrogens is 3. The van der Waals surface area contributed by atoms with E-state index in [-0.39, 0.29) is 28.6 Å². The fourth-order valence-corrected chi connectivity index (χ4v) is 5.82. The van der Waals surface area contributed by atoms with E-state index < -0.39 is 5.91 Å². The van der Waals surface area contributed by atoms with Gasteiger partial charge in [0.25, 0.3) is 11.8 Å². The maximum absolute atomic E-state index is 13.2. The largest absolute Gasteiger partial charge is 0.363 e. The van der Waals surface area contributed by atoms with Gasteiger partial charge < -0.3 is 29.9 Å². The van der Waals surface area contributed by atoms with Crippen molar-refractivity contribution in [1.29, 1.82) is 0 Å². The van der Waals surface area contributed by atoms with Gasteiger partial charge in [-0.05, 0) is 56.3 Å². The molecule has 0 unspecified atom stereocenters. The Hall–Kier alpha value is -3.67. The van der Waals surface area contributed by atoms with E-state index in [1.165, 1.54) is 0 Å². The summed E-state index contributed by atoms with van der Waals surface area (Å²) < 4.78 is 1.64. The fraction of sp³-hybridized carbons (Fsp3) is 0.414. The van der Waals surface area contributed by atoms with Crippen molar-refractivity contribution >= 4 is 52.4 Å². The molecule has 11 nitrogen and oxygen atoms in total. The van der Waals surface area contributed by atoms with Gasteiger partial charge in [0.15, 0.2) is 5.82 Å². The van der Waals surface area contributed by atoms with Crippen molar-refractivity contribution in [2.75, 3.05) is 63.6 Å². The van der Waals surface area contributed by atoms with Crippen LogP contribution in [0.5, 0.6) is 0 Å². The number of rotatable bonds is 6. The number of nitrogens with one attached hydrogen (secondary N) is 2. The van der Waals surface area contributed by atoms with E-state index in [9.17, 15) is 14.4 Å². The Morgan fingerprint density at radius 1 is 1.00 bits per heavy atom. The van der Waals surface area contributed by atoms with Gasteiger partial charge in [-0.1, -0.05) is 23.2 Å². The Labute approximate surface area is 254 Å². The summed E-state index contributed by atoms with van der Waals surface area (Å²) in [5, 5.41) is 6.62. The zero-order valence-electron chi connectivity index (χ0n) is 23.9. The lowest BCUT2D eigenvalue weighted by Crippen LogP contribution is -2.52. The van der Waals surface area contributed by atoms with Crippen LogP contribution in [-0.2, 0) is 11.8 Å². The average Bonchev–Trinajstić information content (AvgIpc) is 3.37. The van der Waals surface area contributed by atoms with Crippen LogP contribution in [0.25, 0.3) is 11.3 Å². The highest BCUT2D eigenvalue weighted by Gasteiger charge is 2.30. The minimum absolute atomic E-state index is 0.0625. The molecule has 42 heavy (non-hydrogen) atoms. The molecule has 2 saturated heterocycles. The summed E-state index contributed by atoms with van der Waals surface area (Å²) in [5.41, 5.74) is 2.06. The minimum Gasteiger partial charge on any atom is -0.363 e. The van der Waals surface area contributed by atoms with Gasteiger partial charge >= 0.3 is 0 Å². The predicted octanol–water partition coefficient (Wildman–Crippen LogP) is 3.39. The van der Waals surface area contributed by atoms with Gasteiger partial charge in [0.05, 0.1) is 22.5 Å². The van der Waals surface area contributed by atoms with Crippen molar-refractivity contribution < 1.29 is 14.4 Å². The Balaban J connectivity index is 1.21. The summed E-state index contributed by atoms with van der Waals surface area (Å²) in [4.78, 5) is 53.3. The zero-order chi connectivity index (χ0) is 30.0. The van der Waals surface area contributed by atoms with Gasteiger partial charge in [-0.2, -0.15) is 0 Å². The Morgan fingerprint density at radius 2 is 1.69 bits per heavy atom. The molecule has 3 amide bonds. The van der Waals surface area contributed by atoms with Crippen molar-refractivity contribution in [3.8, 4) is 11.3 Å². The number of carbonyl (C=O) groups excluding carboxylic acids is 3.